The predicted molar refractivity (Wildman–Crippen MR) is 88.7 cm³/mol. The molecule has 1 aliphatic rings. The molecule has 0 aromatic heterocycles. The highest BCUT2D eigenvalue weighted by atomic mass is 35.5. The summed E-state index contributed by atoms with van der Waals surface area (Å²) in [7, 11) is -1.45. The first-order chi connectivity index (χ1) is 9.54. The van der Waals surface area contributed by atoms with Crippen LogP contribution in [0.2, 0.25) is 5.02 Å². The van der Waals surface area contributed by atoms with E-state index < -0.39 is 10.0 Å². The molecular formula is C14H22Cl2N2O2S. The monoisotopic (exact) mass is 352 g/mol. The molecule has 120 valence electrons. The third-order valence-corrected chi connectivity index (χ3v) is 5.94. The third-order valence-electron chi connectivity index (χ3n) is 3.81. The first kappa shape index (κ1) is 18.7. The van der Waals surface area contributed by atoms with Crippen LogP contribution in [0.5, 0.6) is 0 Å². The van der Waals surface area contributed by atoms with Gasteiger partial charge in [0.25, 0.3) is 0 Å². The van der Waals surface area contributed by atoms with E-state index in [1.807, 2.05) is 7.05 Å². The van der Waals surface area contributed by atoms with Crippen molar-refractivity contribution in [2.24, 2.45) is 5.92 Å². The van der Waals surface area contributed by atoms with Crippen LogP contribution in [0, 0.1) is 5.92 Å². The molecule has 0 amide bonds. The molecule has 0 saturated carbocycles. The van der Waals surface area contributed by atoms with Crippen molar-refractivity contribution in [2.75, 3.05) is 26.7 Å². The highest BCUT2D eigenvalue weighted by Crippen LogP contribution is 2.26. The standard InChI is InChI=1S/C14H21ClN2O2S.ClH/c1-16-8-5-12-6-9-17(10-7-12)20(18,19)14-4-2-3-13(15)11-14;/h2-4,11-12,16H,5-10H2,1H3;1H. The molecule has 7 heteroatoms. The number of piperidine rings is 1. The molecule has 1 aromatic rings. The lowest BCUT2D eigenvalue weighted by Gasteiger charge is -2.31. The molecule has 0 atom stereocenters. The molecule has 0 unspecified atom stereocenters. The van der Waals surface area contributed by atoms with E-state index in [1.165, 1.54) is 6.07 Å². The second-order valence-electron chi connectivity index (χ2n) is 5.20. The zero-order valence-electron chi connectivity index (χ0n) is 12.1. The van der Waals surface area contributed by atoms with E-state index in [2.05, 4.69) is 5.32 Å². The smallest absolute Gasteiger partial charge is 0.243 e. The summed E-state index contributed by atoms with van der Waals surface area (Å²) in [5, 5.41) is 3.60. The third kappa shape index (κ3) is 4.83. The Hall–Kier alpha value is -0.330. The van der Waals surface area contributed by atoms with Crippen LogP contribution >= 0.6 is 24.0 Å². The largest absolute Gasteiger partial charge is 0.320 e. The molecule has 1 aliphatic heterocycles. The van der Waals surface area contributed by atoms with Crippen LogP contribution < -0.4 is 5.32 Å². The molecule has 4 nitrogen and oxygen atoms in total. The topological polar surface area (TPSA) is 49.4 Å². The maximum absolute atomic E-state index is 12.5. The van der Waals surface area contributed by atoms with Gasteiger partial charge in [-0.1, -0.05) is 17.7 Å². The molecule has 1 fully saturated rings. The van der Waals surface area contributed by atoms with Gasteiger partial charge in [-0.2, -0.15) is 4.31 Å². The average molecular weight is 353 g/mol. The van der Waals surface area contributed by atoms with Crippen molar-refractivity contribution in [2.45, 2.75) is 24.2 Å². The molecule has 21 heavy (non-hydrogen) atoms. The van der Waals surface area contributed by atoms with Gasteiger partial charge in [-0.15, -0.1) is 12.4 Å². The fourth-order valence-electron chi connectivity index (χ4n) is 2.56. The van der Waals surface area contributed by atoms with Crippen molar-refractivity contribution in [3.63, 3.8) is 0 Å². The van der Waals surface area contributed by atoms with Gasteiger partial charge in [0, 0.05) is 18.1 Å². The number of hydrogen-bond donors (Lipinski definition) is 1. The second-order valence-corrected chi connectivity index (χ2v) is 7.57. The van der Waals surface area contributed by atoms with Gasteiger partial charge in [-0.05, 0) is 57.0 Å². The molecule has 0 aliphatic carbocycles. The van der Waals surface area contributed by atoms with E-state index in [4.69, 9.17) is 11.6 Å². The van der Waals surface area contributed by atoms with E-state index in [0.717, 1.165) is 25.8 Å². The Labute approximate surface area is 138 Å². The number of rotatable bonds is 5. The number of hydrogen-bond acceptors (Lipinski definition) is 3. The highest BCUT2D eigenvalue weighted by molar-refractivity contribution is 7.89. The van der Waals surface area contributed by atoms with Gasteiger partial charge in [-0.25, -0.2) is 8.42 Å². The van der Waals surface area contributed by atoms with Gasteiger partial charge in [0.05, 0.1) is 4.90 Å². The van der Waals surface area contributed by atoms with Crippen molar-refractivity contribution in [3.05, 3.63) is 29.3 Å². The van der Waals surface area contributed by atoms with Crippen LogP contribution in [-0.2, 0) is 10.0 Å². The van der Waals surface area contributed by atoms with Crippen LogP contribution in [0.15, 0.2) is 29.2 Å². The number of sulfonamides is 1. The van der Waals surface area contributed by atoms with E-state index in [9.17, 15) is 8.42 Å². The van der Waals surface area contributed by atoms with Crippen LogP contribution in [-0.4, -0.2) is 39.4 Å². The van der Waals surface area contributed by atoms with E-state index in [0.29, 0.717) is 28.9 Å². The summed E-state index contributed by atoms with van der Waals surface area (Å²) in [4.78, 5) is 0.290. The minimum Gasteiger partial charge on any atom is -0.320 e. The van der Waals surface area contributed by atoms with Crippen LogP contribution in [0.3, 0.4) is 0 Å². The lowest BCUT2D eigenvalue weighted by atomic mass is 9.95. The van der Waals surface area contributed by atoms with Gasteiger partial charge >= 0.3 is 0 Å². The number of halogens is 2. The van der Waals surface area contributed by atoms with Crippen LogP contribution in [0.4, 0.5) is 0 Å². The summed E-state index contributed by atoms with van der Waals surface area (Å²) >= 11 is 5.88. The lowest BCUT2D eigenvalue weighted by Crippen LogP contribution is -2.38. The Morgan fingerprint density at radius 2 is 2.00 bits per heavy atom. The van der Waals surface area contributed by atoms with E-state index in [-0.39, 0.29) is 12.4 Å². The fraction of sp³-hybridized carbons (Fsp3) is 0.571. The van der Waals surface area contributed by atoms with Gasteiger partial charge in [0.2, 0.25) is 10.0 Å². The van der Waals surface area contributed by atoms with E-state index in [1.54, 1.807) is 22.5 Å². The summed E-state index contributed by atoms with van der Waals surface area (Å²) in [6, 6.07) is 6.48. The molecular weight excluding hydrogens is 331 g/mol. The Bertz CT molecular complexity index is 544. The fourth-order valence-corrected chi connectivity index (χ4v) is 4.33. The van der Waals surface area contributed by atoms with Gasteiger partial charge < -0.3 is 5.32 Å². The summed E-state index contributed by atoms with van der Waals surface area (Å²) in [6.07, 6.45) is 2.98. The quantitative estimate of drug-likeness (QED) is 0.886. The Morgan fingerprint density at radius 1 is 1.33 bits per heavy atom. The molecule has 2 rings (SSSR count). The zero-order valence-corrected chi connectivity index (χ0v) is 14.5. The van der Waals surface area contributed by atoms with Crippen molar-refractivity contribution < 1.29 is 8.42 Å². The molecule has 1 N–H and O–H groups in total. The molecule has 0 spiro atoms. The first-order valence-corrected chi connectivity index (χ1v) is 8.76. The Balaban J connectivity index is 0.00000220. The summed E-state index contributed by atoms with van der Waals surface area (Å²) < 4.78 is 26.6. The van der Waals surface area contributed by atoms with Gasteiger partial charge in [-0.3, -0.25) is 0 Å². The number of nitrogens with one attached hydrogen (secondary N) is 1. The van der Waals surface area contributed by atoms with Crippen molar-refractivity contribution in [1.29, 1.82) is 0 Å². The van der Waals surface area contributed by atoms with Gasteiger partial charge in [0.15, 0.2) is 0 Å². The van der Waals surface area contributed by atoms with Crippen molar-refractivity contribution in [1.82, 2.24) is 9.62 Å². The minimum absolute atomic E-state index is 0. The highest BCUT2D eigenvalue weighted by Gasteiger charge is 2.29. The van der Waals surface area contributed by atoms with E-state index >= 15 is 0 Å². The molecule has 1 saturated heterocycles. The molecule has 0 bridgehead atoms. The molecule has 1 aromatic carbocycles. The van der Waals surface area contributed by atoms with Crippen molar-refractivity contribution >= 4 is 34.0 Å². The van der Waals surface area contributed by atoms with Crippen molar-refractivity contribution in [3.8, 4) is 0 Å². The average Bonchev–Trinajstić information content (AvgIpc) is 2.45. The minimum atomic E-state index is -3.40. The SMILES string of the molecule is CNCCC1CCN(S(=O)(=O)c2cccc(Cl)c2)CC1.Cl. The normalized spacial score (nSPS) is 17.4. The summed E-state index contributed by atoms with van der Waals surface area (Å²) in [6.45, 7) is 2.19. The maximum Gasteiger partial charge on any atom is 0.243 e. The zero-order chi connectivity index (χ0) is 14.6. The summed E-state index contributed by atoms with van der Waals surface area (Å²) in [5.41, 5.74) is 0. The number of nitrogens with zero attached hydrogens (tertiary/aromatic N) is 1. The van der Waals surface area contributed by atoms with Crippen LogP contribution in [0.1, 0.15) is 19.3 Å². The van der Waals surface area contributed by atoms with Gasteiger partial charge in [0.1, 0.15) is 0 Å². The lowest BCUT2D eigenvalue weighted by molar-refractivity contribution is 0.263. The number of benzene rings is 1. The Kier molecular flexibility index (Phi) is 7.44. The molecule has 0 radical (unpaired) electrons. The first-order valence-electron chi connectivity index (χ1n) is 6.94. The summed E-state index contributed by atoms with van der Waals surface area (Å²) in [5.74, 6) is 0.619. The van der Waals surface area contributed by atoms with Crippen LogP contribution in [0.25, 0.3) is 0 Å². The second kappa shape index (κ2) is 8.34. The molecule has 1 heterocycles. The predicted octanol–water partition coefficient (Wildman–Crippen LogP) is 2.77. The maximum atomic E-state index is 12.5. The Morgan fingerprint density at radius 3 is 2.57 bits per heavy atom.